The van der Waals surface area contributed by atoms with Crippen LogP contribution in [0.1, 0.15) is 23.1 Å². The average Bonchev–Trinajstić information content (AvgIpc) is 2.78. The van der Waals surface area contributed by atoms with E-state index in [0.717, 1.165) is 15.1 Å². The lowest BCUT2D eigenvalue weighted by molar-refractivity contribution is 0.0526. The third-order valence-corrected chi connectivity index (χ3v) is 4.15. The number of hydrogen-bond donors (Lipinski definition) is 1. The first-order chi connectivity index (χ1) is 9.10. The van der Waals surface area contributed by atoms with Crippen LogP contribution in [0.3, 0.4) is 0 Å². The van der Waals surface area contributed by atoms with E-state index in [9.17, 15) is 4.79 Å². The lowest BCUT2D eigenvalue weighted by Gasteiger charge is -2.06. The number of hydrogen-bond acceptors (Lipinski definition) is 7. The van der Waals surface area contributed by atoms with E-state index in [1.807, 2.05) is 6.92 Å². The van der Waals surface area contributed by atoms with Crippen LogP contribution in [0.2, 0.25) is 0 Å². The monoisotopic (exact) mass is 295 g/mol. The first kappa shape index (κ1) is 13.8. The molecule has 0 aliphatic rings. The van der Waals surface area contributed by atoms with Crippen LogP contribution >= 0.6 is 23.3 Å². The van der Waals surface area contributed by atoms with E-state index < -0.39 is 0 Å². The predicted octanol–water partition coefficient (Wildman–Crippen LogP) is 2.76. The normalized spacial score (nSPS) is 10.4. The largest absolute Gasteiger partial charge is 0.462 e. The summed E-state index contributed by atoms with van der Waals surface area (Å²) in [5, 5.41) is 0. The Morgan fingerprint density at radius 1 is 1.53 bits per heavy atom. The van der Waals surface area contributed by atoms with Gasteiger partial charge in [0.1, 0.15) is 5.82 Å². The van der Waals surface area contributed by atoms with Gasteiger partial charge in [-0.2, -0.15) is 4.37 Å². The fraction of sp³-hybridized carbons (Fsp3) is 0.250. The quantitative estimate of drug-likeness (QED) is 0.690. The Morgan fingerprint density at radius 2 is 2.32 bits per heavy atom. The van der Waals surface area contributed by atoms with E-state index in [2.05, 4.69) is 9.36 Å². The van der Waals surface area contributed by atoms with Gasteiger partial charge >= 0.3 is 5.97 Å². The Bertz CT molecular complexity index is 598. The fourth-order valence-corrected chi connectivity index (χ4v) is 3.07. The maximum atomic E-state index is 11.7. The molecular formula is C12H13N3O2S2. The number of nitrogens with two attached hydrogens (primary N) is 1. The molecule has 0 amide bonds. The van der Waals surface area contributed by atoms with Crippen molar-refractivity contribution in [2.24, 2.45) is 0 Å². The maximum absolute atomic E-state index is 11.7. The highest BCUT2D eigenvalue weighted by Gasteiger charge is 2.11. The zero-order valence-electron chi connectivity index (χ0n) is 10.5. The number of ether oxygens (including phenoxy) is 1. The number of nitrogens with zero attached hydrogens (tertiary/aromatic N) is 2. The smallest absolute Gasteiger partial charge is 0.338 e. The topological polar surface area (TPSA) is 78.1 Å². The summed E-state index contributed by atoms with van der Waals surface area (Å²) in [6.07, 6.45) is 0. The zero-order valence-corrected chi connectivity index (χ0v) is 12.2. The molecule has 100 valence electrons. The second-order valence-electron chi connectivity index (χ2n) is 3.68. The number of carbonyl (C=O) groups excluding carboxylic acids is 1. The van der Waals surface area contributed by atoms with Gasteiger partial charge in [-0.1, -0.05) is 11.8 Å². The van der Waals surface area contributed by atoms with E-state index in [0.29, 0.717) is 17.9 Å². The molecule has 7 heteroatoms. The predicted molar refractivity (Wildman–Crippen MR) is 75.6 cm³/mol. The van der Waals surface area contributed by atoms with Crippen LogP contribution in [0.4, 0.5) is 5.69 Å². The molecular weight excluding hydrogens is 282 g/mol. The van der Waals surface area contributed by atoms with Crippen LogP contribution in [0, 0.1) is 6.92 Å². The van der Waals surface area contributed by atoms with Crippen LogP contribution in [-0.4, -0.2) is 21.9 Å². The number of aryl methyl sites for hydroxylation is 1. The van der Waals surface area contributed by atoms with Crippen molar-refractivity contribution in [1.29, 1.82) is 0 Å². The minimum absolute atomic E-state index is 0.348. The summed E-state index contributed by atoms with van der Waals surface area (Å²) in [6.45, 7) is 3.95. The summed E-state index contributed by atoms with van der Waals surface area (Å²) < 4.78 is 9.87. The van der Waals surface area contributed by atoms with Gasteiger partial charge in [-0.3, -0.25) is 0 Å². The first-order valence-corrected chi connectivity index (χ1v) is 7.24. The Hall–Kier alpha value is -1.60. The number of anilines is 1. The molecule has 1 aromatic heterocycles. The van der Waals surface area contributed by atoms with Gasteiger partial charge < -0.3 is 10.5 Å². The third-order valence-electron chi connectivity index (χ3n) is 2.23. The average molecular weight is 295 g/mol. The van der Waals surface area contributed by atoms with Crippen molar-refractivity contribution in [2.45, 2.75) is 23.1 Å². The second-order valence-corrected chi connectivity index (χ2v) is 5.72. The molecule has 0 atom stereocenters. The summed E-state index contributed by atoms with van der Waals surface area (Å²) >= 11 is 2.70. The van der Waals surface area contributed by atoms with Gasteiger partial charge in [0.2, 0.25) is 0 Å². The van der Waals surface area contributed by atoms with Crippen molar-refractivity contribution in [3.05, 3.63) is 29.6 Å². The standard InChI is InChI=1S/C12H13N3O2S2/c1-3-17-11(16)8-4-5-9(13)10(6-8)18-12-14-7(2)15-19-12/h4-6H,3,13H2,1-2H3. The molecule has 0 saturated carbocycles. The van der Waals surface area contributed by atoms with E-state index in [1.54, 1.807) is 25.1 Å². The van der Waals surface area contributed by atoms with Crippen molar-refractivity contribution in [2.75, 3.05) is 12.3 Å². The molecule has 0 unspecified atom stereocenters. The molecule has 0 aliphatic carbocycles. The van der Waals surface area contributed by atoms with Gasteiger partial charge in [-0.15, -0.1) is 0 Å². The minimum Gasteiger partial charge on any atom is -0.462 e. The molecule has 2 N–H and O–H groups in total. The number of benzene rings is 1. The maximum Gasteiger partial charge on any atom is 0.338 e. The van der Waals surface area contributed by atoms with Crippen LogP contribution in [0.5, 0.6) is 0 Å². The summed E-state index contributed by atoms with van der Waals surface area (Å²) in [5.41, 5.74) is 6.99. The summed E-state index contributed by atoms with van der Waals surface area (Å²) in [4.78, 5) is 16.7. The first-order valence-electron chi connectivity index (χ1n) is 5.65. The number of rotatable bonds is 4. The molecule has 0 fully saturated rings. The molecule has 0 saturated heterocycles. The lowest BCUT2D eigenvalue weighted by atomic mass is 10.2. The highest BCUT2D eigenvalue weighted by atomic mass is 32.2. The molecule has 0 radical (unpaired) electrons. The van der Waals surface area contributed by atoms with Crippen LogP contribution in [0.25, 0.3) is 0 Å². The highest BCUT2D eigenvalue weighted by Crippen LogP contribution is 2.33. The van der Waals surface area contributed by atoms with Gasteiger partial charge in [-0.25, -0.2) is 9.78 Å². The number of aromatic nitrogens is 2. The van der Waals surface area contributed by atoms with Crippen molar-refractivity contribution < 1.29 is 9.53 Å². The number of esters is 1. The molecule has 0 aliphatic heterocycles. The molecule has 5 nitrogen and oxygen atoms in total. The van der Waals surface area contributed by atoms with Crippen LogP contribution in [0.15, 0.2) is 27.4 Å². The molecule has 2 aromatic rings. The summed E-state index contributed by atoms with van der Waals surface area (Å²) in [7, 11) is 0. The zero-order chi connectivity index (χ0) is 13.8. The van der Waals surface area contributed by atoms with Gasteiger partial charge in [-0.05, 0) is 43.6 Å². The minimum atomic E-state index is -0.349. The Morgan fingerprint density at radius 3 is 2.95 bits per heavy atom. The summed E-state index contributed by atoms with van der Waals surface area (Å²) in [5.74, 6) is 0.380. The van der Waals surface area contributed by atoms with Gasteiger partial charge in [0, 0.05) is 10.6 Å². The summed E-state index contributed by atoms with van der Waals surface area (Å²) in [6, 6.07) is 5.07. The molecule has 0 bridgehead atoms. The Kier molecular flexibility index (Phi) is 4.39. The number of nitrogen functional groups attached to an aromatic ring is 1. The lowest BCUT2D eigenvalue weighted by Crippen LogP contribution is -2.05. The molecule has 1 heterocycles. The molecule has 19 heavy (non-hydrogen) atoms. The molecule has 1 aromatic carbocycles. The van der Waals surface area contributed by atoms with Crippen LogP contribution in [-0.2, 0) is 4.74 Å². The SMILES string of the molecule is CCOC(=O)c1ccc(N)c(Sc2nc(C)ns2)c1. The van der Waals surface area contributed by atoms with Gasteiger partial charge in [0.15, 0.2) is 4.34 Å². The Labute approximate surface area is 119 Å². The number of carbonyl (C=O) groups is 1. The third kappa shape index (κ3) is 3.45. The van der Waals surface area contributed by atoms with E-state index in [-0.39, 0.29) is 5.97 Å². The van der Waals surface area contributed by atoms with Crippen molar-refractivity contribution in [1.82, 2.24) is 9.36 Å². The highest BCUT2D eigenvalue weighted by molar-refractivity contribution is 8.01. The van der Waals surface area contributed by atoms with Crippen LogP contribution < -0.4 is 5.73 Å². The van der Waals surface area contributed by atoms with Gasteiger partial charge in [0.25, 0.3) is 0 Å². The fourth-order valence-electron chi connectivity index (χ4n) is 1.38. The van der Waals surface area contributed by atoms with Crippen molar-refractivity contribution >= 4 is 35.0 Å². The van der Waals surface area contributed by atoms with Crippen molar-refractivity contribution in [3.8, 4) is 0 Å². The van der Waals surface area contributed by atoms with E-state index >= 15 is 0 Å². The second kappa shape index (κ2) is 6.03. The van der Waals surface area contributed by atoms with E-state index in [4.69, 9.17) is 10.5 Å². The van der Waals surface area contributed by atoms with E-state index in [1.165, 1.54) is 23.3 Å². The Balaban J connectivity index is 2.24. The molecule has 2 rings (SSSR count). The van der Waals surface area contributed by atoms with Crippen molar-refractivity contribution in [3.63, 3.8) is 0 Å². The van der Waals surface area contributed by atoms with Gasteiger partial charge in [0.05, 0.1) is 12.2 Å². The molecule has 0 spiro atoms.